The smallest absolute Gasteiger partial charge is 0.425 e. The highest BCUT2D eigenvalue weighted by Gasteiger charge is 2.60. The highest BCUT2D eigenvalue weighted by Crippen LogP contribution is 2.55. The molecule has 2 aromatic rings. The number of aliphatic hydroxyl groups is 2. The van der Waals surface area contributed by atoms with Crippen molar-refractivity contribution in [2.45, 2.75) is 37.5 Å². The van der Waals surface area contributed by atoms with Gasteiger partial charge in [0.05, 0.1) is 6.61 Å². The number of hydrogen-bond acceptors (Lipinski definition) is 3. The second-order valence-electron chi connectivity index (χ2n) is 6.45. The van der Waals surface area contributed by atoms with Crippen molar-refractivity contribution in [3.63, 3.8) is 0 Å². The van der Waals surface area contributed by atoms with Crippen LogP contribution in [0, 0.1) is 0 Å². The average molecular weight is 366 g/mol. The third-order valence-electron chi connectivity index (χ3n) is 4.72. The summed E-state index contributed by atoms with van der Waals surface area (Å²) in [4.78, 5) is 0. The Morgan fingerprint density at radius 2 is 1.58 bits per heavy atom. The molecular formula is C20H21F3O3. The van der Waals surface area contributed by atoms with E-state index < -0.39 is 11.8 Å². The molecule has 0 heterocycles. The molecule has 0 fully saturated rings. The molecule has 0 radical (unpaired) electrons. The maximum Gasteiger partial charge on any atom is 0.425 e. The van der Waals surface area contributed by atoms with Crippen molar-refractivity contribution in [1.82, 2.24) is 0 Å². The topological polar surface area (TPSA) is 49.7 Å². The fourth-order valence-corrected chi connectivity index (χ4v) is 3.39. The van der Waals surface area contributed by atoms with Gasteiger partial charge in [0, 0.05) is 17.7 Å². The second kappa shape index (κ2) is 7.29. The summed E-state index contributed by atoms with van der Waals surface area (Å²) in [5, 5.41) is 19.4. The van der Waals surface area contributed by atoms with Crippen LogP contribution >= 0.6 is 0 Å². The molecule has 1 aliphatic rings. The Hall–Kier alpha value is -2.05. The number of hydrogen-bond donors (Lipinski definition) is 2. The Kier molecular flexibility index (Phi) is 5.25. The van der Waals surface area contributed by atoms with E-state index in [1.54, 1.807) is 24.3 Å². The lowest BCUT2D eigenvalue weighted by Crippen LogP contribution is -2.41. The van der Waals surface area contributed by atoms with Crippen LogP contribution in [-0.4, -0.2) is 29.6 Å². The molecule has 0 spiro atoms. The molecule has 0 aliphatic heterocycles. The maximum atomic E-state index is 13.7. The molecule has 26 heavy (non-hydrogen) atoms. The van der Waals surface area contributed by atoms with Gasteiger partial charge in [0.25, 0.3) is 0 Å². The molecule has 140 valence electrons. The van der Waals surface area contributed by atoms with Gasteiger partial charge in [0.1, 0.15) is 5.75 Å². The fourth-order valence-electron chi connectivity index (χ4n) is 3.39. The van der Waals surface area contributed by atoms with E-state index >= 15 is 0 Å². The minimum atomic E-state index is -4.84. The lowest BCUT2D eigenvalue weighted by Gasteiger charge is -2.28. The number of rotatable bonds is 7. The molecule has 0 unspecified atom stereocenters. The Labute approximate surface area is 150 Å². The molecule has 0 aromatic heterocycles. The molecule has 0 amide bonds. The summed E-state index contributed by atoms with van der Waals surface area (Å²) < 4.78 is 46.8. The van der Waals surface area contributed by atoms with Gasteiger partial charge >= 0.3 is 6.18 Å². The largest absolute Gasteiger partial charge is 0.494 e. The summed E-state index contributed by atoms with van der Waals surface area (Å²) in [5.41, 5.74) is -2.61. The average Bonchev–Trinajstić information content (AvgIpc) is 2.88. The summed E-state index contributed by atoms with van der Waals surface area (Å²) >= 11 is 0. The summed E-state index contributed by atoms with van der Waals surface area (Å²) in [6.45, 7) is 0.532. The van der Waals surface area contributed by atoms with Crippen LogP contribution in [0.5, 0.6) is 5.75 Å². The molecule has 1 atom stereocenters. The summed E-state index contributed by atoms with van der Waals surface area (Å²) in [7, 11) is 0. The van der Waals surface area contributed by atoms with Crippen LogP contribution in [0.3, 0.4) is 0 Å². The van der Waals surface area contributed by atoms with Crippen molar-refractivity contribution in [3.05, 3.63) is 53.6 Å². The Bertz CT molecular complexity index is 773. The summed E-state index contributed by atoms with van der Waals surface area (Å²) in [5.74, 6) is 0.307. The van der Waals surface area contributed by atoms with Crippen molar-refractivity contribution >= 4 is 0 Å². The monoisotopic (exact) mass is 366 g/mol. The minimum Gasteiger partial charge on any atom is -0.494 e. The Morgan fingerprint density at radius 1 is 0.885 bits per heavy atom. The quantitative estimate of drug-likeness (QED) is 0.715. The van der Waals surface area contributed by atoms with Crippen molar-refractivity contribution in [2.75, 3.05) is 13.2 Å². The van der Waals surface area contributed by atoms with Gasteiger partial charge in [0.2, 0.25) is 5.60 Å². The van der Waals surface area contributed by atoms with Gasteiger partial charge in [-0.05, 0) is 42.5 Å². The molecule has 0 bridgehead atoms. The number of alkyl halides is 3. The first-order chi connectivity index (χ1) is 12.4. The third-order valence-corrected chi connectivity index (χ3v) is 4.72. The zero-order valence-corrected chi connectivity index (χ0v) is 14.2. The predicted molar refractivity (Wildman–Crippen MR) is 92.0 cm³/mol. The number of ether oxygens (including phenoxy) is 1. The van der Waals surface area contributed by atoms with E-state index in [1.165, 1.54) is 18.2 Å². The van der Waals surface area contributed by atoms with E-state index in [9.17, 15) is 18.3 Å². The molecule has 3 rings (SSSR count). The van der Waals surface area contributed by atoms with Crippen LogP contribution in [0.2, 0.25) is 0 Å². The normalized spacial score (nSPS) is 18.5. The zero-order valence-electron chi connectivity index (χ0n) is 14.2. The lowest BCUT2D eigenvalue weighted by atomic mass is 9.91. The minimum absolute atomic E-state index is 0.149. The van der Waals surface area contributed by atoms with E-state index in [4.69, 9.17) is 9.84 Å². The predicted octanol–water partition coefficient (Wildman–Crippen LogP) is 4.40. The van der Waals surface area contributed by atoms with Crippen molar-refractivity contribution < 1.29 is 28.1 Å². The highest BCUT2D eigenvalue weighted by atomic mass is 19.4. The van der Waals surface area contributed by atoms with Crippen molar-refractivity contribution in [2.24, 2.45) is 0 Å². The SMILES string of the molecule is OCCCCCCOc1ccc2c(c1)[C@@](O)(C(F)(F)F)c1ccccc1-2. The molecular weight excluding hydrogens is 345 g/mol. The molecule has 1 aliphatic carbocycles. The van der Waals surface area contributed by atoms with Gasteiger partial charge < -0.3 is 14.9 Å². The second-order valence-corrected chi connectivity index (χ2v) is 6.45. The first kappa shape index (κ1) is 18.7. The van der Waals surface area contributed by atoms with Crippen molar-refractivity contribution in [1.29, 1.82) is 0 Å². The van der Waals surface area contributed by atoms with E-state index in [-0.39, 0.29) is 17.7 Å². The van der Waals surface area contributed by atoms with E-state index in [0.29, 0.717) is 23.5 Å². The van der Waals surface area contributed by atoms with Crippen molar-refractivity contribution in [3.8, 4) is 16.9 Å². The summed E-state index contributed by atoms with van der Waals surface area (Å²) in [6, 6.07) is 10.5. The molecule has 2 aromatic carbocycles. The zero-order chi connectivity index (χ0) is 18.8. The van der Waals surface area contributed by atoms with Crippen LogP contribution in [0.4, 0.5) is 13.2 Å². The van der Waals surface area contributed by atoms with Gasteiger partial charge in [-0.1, -0.05) is 36.8 Å². The van der Waals surface area contributed by atoms with Gasteiger partial charge in [-0.3, -0.25) is 0 Å². The van der Waals surface area contributed by atoms with Gasteiger partial charge in [-0.15, -0.1) is 0 Å². The first-order valence-corrected chi connectivity index (χ1v) is 8.66. The standard InChI is InChI=1S/C20H21F3O3/c21-20(22,23)19(25)17-8-4-3-7-15(17)16-10-9-14(13-18(16)19)26-12-6-2-1-5-11-24/h3-4,7-10,13,24-25H,1-2,5-6,11-12H2/t19-/m1/s1. The number of aliphatic hydroxyl groups excluding tert-OH is 1. The van der Waals surface area contributed by atoms with Gasteiger partial charge in [-0.2, -0.15) is 13.2 Å². The fraction of sp³-hybridized carbons (Fsp3) is 0.400. The van der Waals surface area contributed by atoms with Crippen LogP contribution in [0.15, 0.2) is 42.5 Å². The number of benzene rings is 2. The Balaban J connectivity index is 1.84. The summed E-state index contributed by atoms with van der Waals surface area (Å²) in [6.07, 6.45) is -1.59. The molecule has 2 N–H and O–H groups in total. The number of fused-ring (bicyclic) bond motifs is 3. The van der Waals surface area contributed by atoms with E-state index in [0.717, 1.165) is 25.7 Å². The van der Waals surface area contributed by atoms with Crippen LogP contribution in [0.25, 0.3) is 11.1 Å². The molecule has 3 nitrogen and oxygen atoms in total. The lowest BCUT2D eigenvalue weighted by molar-refractivity contribution is -0.246. The molecule has 6 heteroatoms. The number of halogens is 3. The molecule has 0 saturated carbocycles. The van der Waals surface area contributed by atoms with Crippen LogP contribution in [-0.2, 0) is 5.60 Å². The number of unbranched alkanes of at least 4 members (excludes halogenated alkanes) is 3. The van der Waals surface area contributed by atoms with Crippen LogP contribution < -0.4 is 4.74 Å². The third kappa shape index (κ3) is 3.19. The van der Waals surface area contributed by atoms with E-state index in [2.05, 4.69) is 0 Å². The van der Waals surface area contributed by atoms with Crippen LogP contribution in [0.1, 0.15) is 36.8 Å². The van der Waals surface area contributed by atoms with Gasteiger partial charge in [-0.25, -0.2) is 0 Å². The first-order valence-electron chi connectivity index (χ1n) is 8.66. The maximum absolute atomic E-state index is 13.7. The van der Waals surface area contributed by atoms with E-state index in [1.807, 2.05) is 0 Å². The Morgan fingerprint density at radius 3 is 2.31 bits per heavy atom. The van der Waals surface area contributed by atoms with Gasteiger partial charge in [0.15, 0.2) is 0 Å². The molecule has 0 saturated heterocycles. The highest BCUT2D eigenvalue weighted by molar-refractivity contribution is 5.81.